The molecule has 0 radical (unpaired) electrons. The number of carbonyl (C=O) groups excluding carboxylic acids is 1. The third-order valence-corrected chi connectivity index (χ3v) is 4.57. The smallest absolute Gasteiger partial charge is 0.237 e. The van der Waals surface area contributed by atoms with Gasteiger partial charge in [0.05, 0.1) is 12.2 Å². The van der Waals surface area contributed by atoms with Crippen LogP contribution in [-0.2, 0) is 4.79 Å². The van der Waals surface area contributed by atoms with Gasteiger partial charge in [0.15, 0.2) is 0 Å². The molecule has 0 bridgehead atoms. The lowest BCUT2D eigenvalue weighted by Gasteiger charge is -2.25. The van der Waals surface area contributed by atoms with Gasteiger partial charge in [0.1, 0.15) is 5.75 Å². The summed E-state index contributed by atoms with van der Waals surface area (Å²) in [5.41, 5.74) is 1.87. The van der Waals surface area contributed by atoms with Gasteiger partial charge >= 0.3 is 0 Å². The van der Waals surface area contributed by atoms with E-state index in [-0.39, 0.29) is 11.9 Å². The molecule has 2 aromatic carbocycles. The quantitative estimate of drug-likeness (QED) is 0.667. The monoisotopic (exact) mass is 365 g/mol. The van der Waals surface area contributed by atoms with Crippen LogP contribution < -0.4 is 9.64 Å². The Hall–Kier alpha value is -2.92. The van der Waals surface area contributed by atoms with Gasteiger partial charge in [0.25, 0.3) is 0 Å². The zero-order valence-electron chi connectivity index (χ0n) is 13.9. The van der Waals surface area contributed by atoms with E-state index in [9.17, 15) is 4.79 Å². The maximum atomic E-state index is 12.5. The number of amides is 1. The number of benzene rings is 2. The van der Waals surface area contributed by atoms with Crippen molar-refractivity contribution >= 4 is 23.2 Å². The van der Waals surface area contributed by atoms with Crippen LogP contribution in [0.25, 0.3) is 0 Å². The Bertz CT molecular complexity index is 916. The van der Waals surface area contributed by atoms with Crippen molar-refractivity contribution < 1.29 is 9.53 Å². The Balaban J connectivity index is 1.62. The van der Waals surface area contributed by atoms with E-state index in [1.54, 1.807) is 30.7 Å². The van der Waals surface area contributed by atoms with Crippen molar-refractivity contribution in [2.45, 2.75) is 18.9 Å². The maximum Gasteiger partial charge on any atom is 0.237 e. The Morgan fingerprint density at radius 3 is 2.73 bits per heavy atom. The van der Waals surface area contributed by atoms with Crippen LogP contribution in [0.3, 0.4) is 0 Å². The van der Waals surface area contributed by atoms with Gasteiger partial charge in [-0.05, 0) is 48.4 Å². The van der Waals surface area contributed by atoms with Crippen molar-refractivity contribution in [1.29, 1.82) is 0 Å². The molecule has 0 spiro atoms. The molecule has 130 valence electrons. The van der Waals surface area contributed by atoms with Gasteiger partial charge in [0, 0.05) is 29.5 Å². The molecule has 1 aromatic heterocycles. The molecule has 2 heterocycles. The Morgan fingerprint density at radius 1 is 1.12 bits per heavy atom. The summed E-state index contributed by atoms with van der Waals surface area (Å²) in [4.78, 5) is 22.4. The molecule has 1 aliphatic rings. The molecule has 0 saturated carbocycles. The topological polar surface area (TPSA) is 55.3 Å². The third kappa shape index (κ3) is 3.39. The summed E-state index contributed by atoms with van der Waals surface area (Å²) < 4.78 is 5.77. The van der Waals surface area contributed by atoms with Crippen LogP contribution in [0.15, 0.2) is 67.1 Å². The Kier molecular flexibility index (Phi) is 4.54. The van der Waals surface area contributed by atoms with Crippen LogP contribution in [-0.4, -0.2) is 15.9 Å². The summed E-state index contributed by atoms with van der Waals surface area (Å²) in [6, 6.07) is 15.0. The fourth-order valence-electron chi connectivity index (χ4n) is 3.17. The Morgan fingerprint density at radius 2 is 1.96 bits per heavy atom. The molecule has 1 amide bonds. The summed E-state index contributed by atoms with van der Waals surface area (Å²) >= 11 is 5.97. The first kappa shape index (κ1) is 16.5. The molecule has 26 heavy (non-hydrogen) atoms. The molecule has 6 heteroatoms. The SMILES string of the molecule is O=C1CC[C@H](c2cccc(Oc3cnccn3)c2)N1c1ccc(Cl)cc1. The lowest BCUT2D eigenvalue weighted by molar-refractivity contribution is -0.117. The van der Waals surface area contributed by atoms with Crippen molar-refractivity contribution in [1.82, 2.24) is 9.97 Å². The first-order valence-corrected chi connectivity index (χ1v) is 8.70. The van der Waals surface area contributed by atoms with Crippen LogP contribution >= 0.6 is 11.6 Å². The zero-order valence-corrected chi connectivity index (χ0v) is 14.6. The van der Waals surface area contributed by atoms with Crippen molar-refractivity contribution in [2.24, 2.45) is 0 Å². The van der Waals surface area contributed by atoms with E-state index >= 15 is 0 Å². The minimum atomic E-state index is -0.0333. The predicted molar refractivity (Wildman–Crippen MR) is 99.5 cm³/mol. The number of anilines is 1. The average Bonchev–Trinajstić information content (AvgIpc) is 3.05. The Labute approximate surface area is 156 Å². The predicted octanol–water partition coefficient (Wildman–Crippen LogP) is 4.79. The molecule has 1 atom stereocenters. The first-order valence-electron chi connectivity index (χ1n) is 8.32. The second-order valence-corrected chi connectivity index (χ2v) is 6.45. The van der Waals surface area contributed by atoms with Crippen molar-refractivity contribution in [3.63, 3.8) is 0 Å². The molecular weight excluding hydrogens is 350 g/mol. The highest BCUT2D eigenvalue weighted by Gasteiger charge is 2.33. The van der Waals surface area contributed by atoms with Gasteiger partial charge in [-0.2, -0.15) is 0 Å². The molecule has 0 aliphatic carbocycles. The van der Waals surface area contributed by atoms with E-state index in [4.69, 9.17) is 16.3 Å². The second-order valence-electron chi connectivity index (χ2n) is 6.01. The summed E-state index contributed by atoms with van der Waals surface area (Å²) in [6.45, 7) is 0. The molecule has 5 nitrogen and oxygen atoms in total. The second kappa shape index (κ2) is 7.14. The molecule has 0 unspecified atom stereocenters. The van der Waals surface area contributed by atoms with E-state index < -0.39 is 0 Å². The van der Waals surface area contributed by atoms with E-state index in [1.807, 2.05) is 41.3 Å². The van der Waals surface area contributed by atoms with Crippen molar-refractivity contribution in [3.8, 4) is 11.6 Å². The van der Waals surface area contributed by atoms with Crippen molar-refractivity contribution in [3.05, 3.63) is 77.7 Å². The maximum absolute atomic E-state index is 12.5. The highest BCUT2D eigenvalue weighted by atomic mass is 35.5. The number of carbonyl (C=O) groups is 1. The normalized spacial score (nSPS) is 16.7. The fraction of sp³-hybridized carbons (Fsp3) is 0.150. The number of hydrogen-bond acceptors (Lipinski definition) is 4. The van der Waals surface area contributed by atoms with E-state index in [2.05, 4.69) is 9.97 Å². The van der Waals surface area contributed by atoms with Gasteiger partial charge in [-0.25, -0.2) is 4.98 Å². The third-order valence-electron chi connectivity index (χ3n) is 4.32. The molecule has 1 fully saturated rings. The van der Waals surface area contributed by atoms with Crippen LogP contribution in [0.1, 0.15) is 24.4 Å². The molecule has 1 aliphatic heterocycles. The summed E-state index contributed by atoms with van der Waals surface area (Å²) in [7, 11) is 0. The van der Waals surface area contributed by atoms with E-state index in [1.165, 1.54) is 0 Å². The number of hydrogen-bond donors (Lipinski definition) is 0. The van der Waals surface area contributed by atoms with Crippen LogP contribution in [0.2, 0.25) is 5.02 Å². The average molecular weight is 366 g/mol. The summed E-state index contributed by atoms with van der Waals surface area (Å²) in [6.07, 6.45) is 6.01. The molecule has 4 rings (SSSR count). The minimum Gasteiger partial charge on any atom is -0.437 e. The van der Waals surface area contributed by atoms with Gasteiger partial charge in [-0.15, -0.1) is 0 Å². The van der Waals surface area contributed by atoms with Crippen LogP contribution in [0, 0.1) is 0 Å². The fourth-order valence-corrected chi connectivity index (χ4v) is 3.30. The van der Waals surface area contributed by atoms with Gasteiger partial charge in [0.2, 0.25) is 11.8 Å². The minimum absolute atomic E-state index is 0.0333. The molecule has 1 saturated heterocycles. The van der Waals surface area contributed by atoms with Gasteiger partial charge in [-0.3, -0.25) is 9.78 Å². The molecular formula is C20H16ClN3O2. The lowest BCUT2D eigenvalue weighted by Crippen LogP contribution is -2.27. The number of aromatic nitrogens is 2. The summed E-state index contributed by atoms with van der Waals surface area (Å²) in [5, 5.41) is 0.649. The van der Waals surface area contributed by atoms with Gasteiger partial charge in [-0.1, -0.05) is 23.7 Å². The zero-order chi connectivity index (χ0) is 17.9. The largest absolute Gasteiger partial charge is 0.437 e. The van der Waals surface area contributed by atoms with Crippen LogP contribution in [0.5, 0.6) is 11.6 Å². The number of rotatable bonds is 4. The molecule has 0 N–H and O–H groups in total. The van der Waals surface area contributed by atoms with E-state index in [0.29, 0.717) is 23.1 Å². The highest BCUT2D eigenvalue weighted by molar-refractivity contribution is 6.30. The standard InChI is InChI=1S/C20H16ClN3O2/c21-15-4-6-16(7-5-15)24-18(8-9-20(24)25)14-2-1-3-17(12-14)26-19-13-22-10-11-23-19/h1-7,10-13,18H,8-9H2/t18-/m1/s1. The van der Waals surface area contributed by atoms with Gasteiger partial charge < -0.3 is 9.64 Å². The van der Waals surface area contributed by atoms with Crippen molar-refractivity contribution in [2.75, 3.05) is 4.90 Å². The number of nitrogens with zero attached hydrogens (tertiary/aromatic N) is 3. The summed E-state index contributed by atoms with van der Waals surface area (Å²) in [5.74, 6) is 1.21. The number of halogens is 1. The first-order chi connectivity index (χ1) is 12.7. The highest BCUT2D eigenvalue weighted by Crippen LogP contribution is 2.38. The van der Waals surface area contributed by atoms with E-state index in [0.717, 1.165) is 17.7 Å². The molecule has 3 aromatic rings. The van der Waals surface area contributed by atoms with Crippen LogP contribution in [0.4, 0.5) is 5.69 Å². The number of ether oxygens (including phenoxy) is 1. The lowest BCUT2D eigenvalue weighted by atomic mass is 10.0.